The first kappa shape index (κ1) is 12.3. The molecule has 0 spiro atoms. The molecule has 0 bridgehead atoms. The normalized spacial score (nSPS) is 10.7. The SMILES string of the molecule is CC(C)c1ccccc1Nc1nc(F)nc(F)n1. The molecule has 0 fully saturated rings. The topological polar surface area (TPSA) is 50.7 Å². The summed E-state index contributed by atoms with van der Waals surface area (Å²) in [5.74, 6) is 0.123. The molecular weight excluding hydrogens is 238 g/mol. The van der Waals surface area contributed by atoms with Crippen LogP contribution in [0, 0.1) is 12.2 Å². The van der Waals surface area contributed by atoms with Gasteiger partial charge in [-0.15, -0.1) is 0 Å². The molecule has 1 aromatic carbocycles. The number of anilines is 2. The maximum Gasteiger partial charge on any atom is 0.315 e. The maximum absolute atomic E-state index is 12.8. The molecule has 6 heteroatoms. The molecular formula is C12H12F2N4. The molecule has 0 aliphatic heterocycles. The Bertz CT molecular complexity index is 537. The largest absolute Gasteiger partial charge is 0.324 e. The van der Waals surface area contributed by atoms with Gasteiger partial charge in [-0.3, -0.25) is 0 Å². The van der Waals surface area contributed by atoms with E-state index in [2.05, 4.69) is 20.3 Å². The Morgan fingerprint density at radius 1 is 1.00 bits per heavy atom. The minimum absolute atomic E-state index is 0.145. The molecule has 18 heavy (non-hydrogen) atoms. The number of rotatable bonds is 3. The first-order valence-electron chi connectivity index (χ1n) is 5.49. The van der Waals surface area contributed by atoms with Crippen molar-refractivity contribution in [3.63, 3.8) is 0 Å². The van der Waals surface area contributed by atoms with Gasteiger partial charge >= 0.3 is 12.2 Å². The molecule has 2 aromatic rings. The van der Waals surface area contributed by atoms with Crippen molar-refractivity contribution in [2.45, 2.75) is 19.8 Å². The number of benzene rings is 1. The zero-order valence-electron chi connectivity index (χ0n) is 9.98. The van der Waals surface area contributed by atoms with Gasteiger partial charge in [0.2, 0.25) is 5.95 Å². The van der Waals surface area contributed by atoms with E-state index >= 15 is 0 Å². The molecule has 94 valence electrons. The highest BCUT2D eigenvalue weighted by molar-refractivity contribution is 5.59. The number of para-hydroxylation sites is 1. The van der Waals surface area contributed by atoms with Gasteiger partial charge in [0.15, 0.2) is 0 Å². The van der Waals surface area contributed by atoms with Gasteiger partial charge in [0.1, 0.15) is 0 Å². The fourth-order valence-corrected chi connectivity index (χ4v) is 1.62. The van der Waals surface area contributed by atoms with Crippen molar-refractivity contribution >= 4 is 11.6 Å². The summed E-state index contributed by atoms with van der Waals surface area (Å²) in [5.41, 5.74) is 1.73. The average Bonchev–Trinajstić information content (AvgIpc) is 2.27. The molecule has 2 rings (SSSR count). The summed E-state index contributed by atoms with van der Waals surface area (Å²) in [4.78, 5) is 9.62. The monoisotopic (exact) mass is 250 g/mol. The van der Waals surface area contributed by atoms with Gasteiger partial charge in [-0.25, -0.2) is 0 Å². The molecule has 0 aliphatic carbocycles. The van der Waals surface area contributed by atoms with E-state index in [0.29, 0.717) is 0 Å². The highest BCUT2D eigenvalue weighted by Gasteiger charge is 2.09. The van der Waals surface area contributed by atoms with Crippen LogP contribution < -0.4 is 5.32 Å². The number of hydrogen-bond acceptors (Lipinski definition) is 4. The fourth-order valence-electron chi connectivity index (χ4n) is 1.62. The number of aromatic nitrogens is 3. The summed E-state index contributed by atoms with van der Waals surface area (Å²) in [6.45, 7) is 4.05. The molecule has 0 saturated heterocycles. The van der Waals surface area contributed by atoms with Gasteiger partial charge in [0, 0.05) is 5.69 Å². The van der Waals surface area contributed by atoms with E-state index in [1.54, 1.807) is 6.07 Å². The first-order chi connectivity index (χ1) is 8.56. The highest BCUT2D eigenvalue weighted by Crippen LogP contribution is 2.25. The second-order valence-electron chi connectivity index (χ2n) is 4.06. The molecule has 1 heterocycles. The van der Waals surface area contributed by atoms with E-state index < -0.39 is 12.2 Å². The summed E-state index contributed by atoms with van der Waals surface area (Å²) < 4.78 is 25.7. The zero-order valence-corrected chi connectivity index (χ0v) is 9.98. The van der Waals surface area contributed by atoms with Crippen molar-refractivity contribution in [3.05, 3.63) is 42.0 Å². The van der Waals surface area contributed by atoms with E-state index in [0.717, 1.165) is 11.3 Å². The minimum atomic E-state index is -1.15. The Balaban J connectivity index is 2.34. The molecule has 0 radical (unpaired) electrons. The van der Waals surface area contributed by atoms with Crippen LogP contribution in [0.5, 0.6) is 0 Å². The van der Waals surface area contributed by atoms with Crippen LogP contribution in [-0.4, -0.2) is 15.0 Å². The number of halogens is 2. The Kier molecular flexibility index (Phi) is 3.45. The van der Waals surface area contributed by atoms with Crippen molar-refractivity contribution in [2.24, 2.45) is 0 Å². The van der Waals surface area contributed by atoms with Crippen LogP contribution in [0.4, 0.5) is 20.4 Å². The summed E-state index contributed by atoms with van der Waals surface area (Å²) in [6, 6.07) is 7.45. The number of hydrogen-bond donors (Lipinski definition) is 1. The van der Waals surface area contributed by atoms with Crippen molar-refractivity contribution in [1.82, 2.24) is 15.0 Å². The summed E-state index contributed by atoms with van der Waals surface area (Å²) in [7, 11) is 0. The lowest BCUT2D eigenvalue weighted by Crippen LogP contribution is -2.06. The van der Waals surface area contributed by atoms with E-state index in [1.807, 2.05) is 32.0 Å². The van der Waals surface area contributed by atoms with Crippen LogP contribution in [0.15, 0.2) is 24.3 Å². The van der Waals surface area contributed by atoms with Crippen LogP contribution >= 0.6 is 0 Å². The molecule has 0 amide bonds. The number of nitrogens with one attached hydrogen (secondary N) is 1. The van der Waals surface area contributed by atoms with Gasteiger partial charge in [0.25, 0.3) is 0 Å². The Hall–Kier alpha value is -2.11. The van der Waals surface area contributed by atoms with Gasteiger partial charge in [-0.1, -0.05) is 32.0 Å². The van der Waals surface area contributed by atoms with Crippen LogP contribution in [0.1, 0.15) is 25.3 Å². The molecule has 4 nitrogen and oxygen atoms in total. The Morgan fingerprint density at radius 2 is 1.61 bits per heavy atom. The van der Waals surface area contributed by atoms with E-state index in [-0.39, 0.29) is 11.9 Å². The lowest BCUT2D eigenvalue weighted by atomic mass is 10.0. The summed E-state index contributed by atoms with van der Waals surface area (Å²) in [5, 5.41) is 2.79. The van der Waals surface area contributed by atoms with Crippen molar-refractivity contribution in [3.8, 4) is 0 Å². The fraction of sp³-hybridized carbons (Fsp3) is 0.250. The molecule has 0 aliphatic rings. The third-order valence-electron chi connectivity index (χ3n) is 2.41. The van der Waals surface area contributed by atoms with Crippen LogP contribution in [0.2, 0.25) is 0 Å². The molecule has 1 aromatic heterocycles. The third-order valence-corrected chi connectivity index (χ3v) is 2.41. The smallest absolute Gasteiger partial charge is 0.315 e. The maximum atomic E-state index is 12.8. The van der Waals surface area contributed by atoms with E-state index in [1.165, 1.54) is 0 Å². The van der Waals surface area contributed by atoms with Crippen molar-refractivity contribution < 1.29 is 8.78 Å². The van der Waals surface area contributed by atoms with Crippen molar-refractivity contribution in [2.75, 3.05) is 5.32 Å². The van der Waals surface area contributed by atoms with E-state index in [4.69, 9.17) is 0 Å². The summed E-state index contributed by atoms with van der Waals surface area (Å²) >= 11 is 0. The molecule has 0 saturated carbocycles. The third kappa shape index (κ3) is 2.77. The van der Waals surface area contributed by atoms with Crippen LogP contribution in [-0.2, 0) is 0 Å². The molecule has 1 N–H and O–H groups in total. The van der Waals surface area contributed by atoms with Gasteiger partial charge < -0.3 is 5.32 Å². The van der Waals surface area contributed by atoms with Crippen molar-refractivity contribution in [1.29, 1.82) is 0 Å². The summed E-state index contributed by atoms with van der Waals surface area (Å²) in [6.07, 6.45) is -2.29. The van der Waals surface area contributed by atoms with Gasteiger partial charge in [-0.05, 0) is 17.5 Å². The van der Waals surface area contributed by atoms with Crippen LogP contribution in [0.25, 0.3) is 0 Å². The number of nitrogens with zero attached hydrogens (tertiary/aromatic N) is 3. The Morgan fingerprint density at radius 3 is 2.22 bits per heavy atom. The first-order valence-corrected chi connectivity index (χ1v) is 5.49. The van der Waals surface area contributed by atoms with Crippen LogP contribution in [0.3, 0.4) is 0 Å². The van der Waals surface area contributed by atoms with E-state index in [9.17, 15) is 8.78 Å². The molecule has 0 atom stereocenters. The van der Waals surface area contributed by atoms with Gasteiger partial charge in [0.05, 0.1) is 0 Å². The predicted molar refractivity (Wildman–Crippen MR) is 63.6 cm³/mol. The quantitative estimate of drug-likeness (QED) is 0.909. The highest BCUT2D eigenvalue weighted by atomic mass is 19.1. The Labute approximate surface area is 103 Å². The molecule has 0 unspecified atom stereocenters. The lowest BCUT2D eigenvalue weighted by Gasteiger charge is -2.13. The minimum Gasteiger partial charge on any atom is -0.324 e. The second kappa shape index (κ2) is 5.03. The zero-order chi connectivity index (χ0) is 13.1. The van der Waals surface area contributed by atoms with Gasteiger partial charge in [-0.2, -0.15) is 23.7 Å². The standard InChI is InChI=1S/C12H12F2N4/c1-7(2)8-5-3-4-6-9(8)15-12-17-10(13)16-11(14)18-12/h3-7H,1-2H3,(H,15,16,17,18). The predicted octanol–water partition coefficient (Wildman–Crippen LogP) is 3.02. The average molecular weight is 250 g/mol. The second-order valence-corrected chi connectivity index (χ2v) is 4.06. The lowest BCUT2D eigenvalue weighted by molar-refractivity contribution is 0.458.